The summed E-state index contributed by atoms with van der Waals surface area (Å²) in [5.74, 6) is -0.0902. The molecule has 1 heterocycles. The van der Waals surface area contributed by atoms with Crippen molar-refractivity contribution >= 4 is 10.0 Å². The molecule has 1 aromatic carbocycles. The van der Waals surface area contributed by atoms with Crippen LogP contribution in [0.15, 0.2) is 47.3 Å². The summed E-state index contributed by atoms with van der Waals surface area (Å²) in [4.78, 5) is 0. The van der Waals surface area contributed by atoms with E-state index in [1.165, 1.54) is 23.9 Å². The third-order valence-corrected chi connectivity index (χ3v) is 4.67. The van der Waals surface area contributed by atoms with Crippen molar-refractivity contribution in [3.05, 3.63) is 59.5 Å². The van der Waals surface area contributed by atoms with Gasteiger partial charge in [0.05, 0.1) is 29.9 Å². The van der Waals surface area contributed by atoms with Crippen molar-refractivity contribution in [3.8, 4) is 6.07 Å². The van der Waals surface area contributed by atoms with Crippen LogP contribution in [0.3, 0.4) is 0 Å². The van der Waals surface area contributed by atoms with E-state index in [1.54, 1.807) is 30.3 Å². The standard InChI is InChI=1S/C14H14N2O3S/c1-16(9-14-6-7-19-10-14)20(17,18)11-13-4-2-12(8-15)3-5-13/h2-7,10H,9,11H2,1H3. The highest BCUT2D eigenvalue weighted by Gasteiger charge is 2.19. The van der Waals surface area contributed by atoms with Gasteiger partial charge in [0.25, 0.3) is 0 Å². The Balaban J connectivity index is 2.08. The van der Waals surface area contributed by atoms with E-state index in [0.29, 0.717) is 11.1 Å². The molecule has 0 aliphatic carbocycles. The molecular weight excluding hydrogens is 276 g/mol. The minimum atomic E-state index is -3.40. The summed E-state index contributed by atoms with van der Waals surface area (Å²) in [6, 6.07) is 10.3. The first-order chi connectivity index (χ1) is 9.51. The largest absolute Gasteiger partial charge is 0.472 e. The summed E-state index contributed by atoms with van der Waals surface area (Å²) in [6.45, 7) is 0.273. The third-order valence-electron chi connectivity index (χ3n) is 2.89. The molecule has 0 saturated heterocycles. The number of sulfonamides is 1. The van der Waals surface area contributed by atoms with Crippen LogP contribution >= 0.6 is 0 Å². The molecule has 0 unspecified atom stereocenters. The van der Waals surface area contributed by atoms with Crippen molar-refractivity contribution < 1.29 is 12.8 Å². The van der Waals surface area contributed by atoms with Gasteiger partial charge in [-0.3, -0.25) is 0 Å². The lowest BCUT2D eigenvalue weighted by atomic mass is 10.2. The van der Waals surface area contributed by atoms with E-state index in [2.05, 4.69) is 0 Å². The molecule has 0 spiro atoms. The van der Waals surface area contributed by atoms with Crippen LogP contribution in [0.25, 0.3) is 0 Å². The molecule has 2 aromatic rings. The summed E-state index contributed by atoms with van der Waals surface area (Å²) in [6.07, 6.45) is 3.03. The topological polar surface area (TPSA) is 74.3 Å². The van der Waals surface area contributed by atoms with E-state index in [0.717, 1.165) is 5.56 Å². The summed E-state index contributed by atoms with van der Waals surface area (Å²) < 4.78 is 30.6. The van der Waals surface area contributed by atoms with Gasteiger partial charge in [0.1, 0.15) is 0 Å². The molecule has 1 aromatic heterocycles. The van der Waals surface area contributed by atoms with Crippen LogP contribution in [0.1, 0.15) is 16.7 Å². The predicted octanol–water partition coefficient (Wildman–Crippen LogP) is 2.11. The summed E-state index contributed by atoms with van der Waals surface area (Å²) >= 11 is 0. The molecule has 0 aliphatic heterocycles. The van der Waals surface area contributed by atoms with Gasteiger partial charge in [-0.25, -0.2) is 12.7 Å². The zero-order chi connectivity index (χ0) is 14.6. The van der Waals surface area contributed by atoms with Gasteiger partial charge in [-0.2, -0.15) is 5.26 Å². The Morgan fingerprint density at radius 3 is 2.45 bits per heavy atom. The van der Waals surface area contributed by atoms with E-state index in [9.17, 15) is 8.42 Å². The fraction of sp³-hybridized carbons (Fsp3) is 0.214. The van der Waals surface area contributed by atoms with E-state index in [-0.39, 0.29) is 12.3 Å². The van der Waals surface area contributed by atoms with Gasteiger partial charge >= 0.3 is 0 Å². The van der Waals surface area contributed by atoms with Gasteiger partial charge in [-0.15, -0.1) is 0 Å². The molecule has 0 atom stereocenters. The van der Waals surface area contributed by atoms with E-state index < -0.39 is 10.0 Å². The molecule has 5 nitrogen and oxygen atoms in total. The van der Waals surface area contributed by atoms with Crippen molar-refractivity contribution in [2.24, 2.45) is 0 Å². The zero-order valence-corrected chi connectivity index (χ0v) is 11.8. The van der Waals surface area contributed by atoms with Crippen molar-refractivity contribution in [1.29, 1.82) is 5.26 Å². The maximum Gasteiger partial charge on any atom is 0.218 e. The molecule has 0 N–H and O–H groups in total. The Bertz CT molecular complexity index is 698. The van der Waals surface area contributed by atoms with Gasteiger partial charge in [-0.05, 0) is 23.8 Å². The van der Waals surface area contributed by atoms with Gasteiger partial charge in [0, 0.05) is 19.2 Å². The molecule has 0 saturated carbocycles. The van der Waals surface area contributed by atoms with Gasteiger partial charge in [0.15, 0.2) is 0 Å². The first-order valence-corrected chi connectivity index (χ1v) is 7.56. The smallest absolute Gasteiger partial charge is 0.218 e. The summed E-state index contributed by atoms with van der Waals surface area (Å²) in [5, 5.41) is 8.71. The molecule has 0 bridgehead atoms. The van der Waals surface area contributed by atoms with Gasteiger partial charge in [0.2, 0.25) is 10.0 Å². The maximum atomic E-state index is 12.2. The normalized spacial score (nSPS) is 11.4. The predicted molar refractivity (Wildman–Crippen MR) is 74.0 cm³/mol. The number of nitrogens with zero attached hydrogens (tertiary/aromatic N) is 2. The molecule has 20 heavy (non-hydrogen) atoms. The molecule has 2 rings (SSSR count). The number of benzene rings is 1. The van der Waals surface area contributed by atoms with E-state index in [4.69, 9.17) is 9.68 Å². The Labute approximate surface area is 118 Å². The fourth-order valence-corrected chi connectivity index (χ4v) is 2.91. The number of rotatable bonds is 5. The second-order valence-corrected chi connectivity index (χ2v) is 6.53. The molecule has 0 amide bonds. The Morgan fingerprint density at radius 1 is 1.20 bits per heavy atom. The van der Waals surface area contributed by atoms with Gasteiger partial charge in [-0.1, -0.05) is 12.1 Å². The number of hydrogen-bond donors (Lipinski definition) is 0. The lowest BCUT2D eigenvalue weighted by molar-refractivity contribution is 0.462. The minimum Gasteiger partial charge on any atom is -0.472 e. The van der Waals surface area contributed by atoms with Crippen molar-refractivity contribution in [2.45, 2.75) is 12.3 Å². The third kappa shape index (κ3) is 3.47. The van der Waals surface area contributed by atoms with Gasteiger partial charge < -0.3 is 4.42 Å². The molecule has 0 radical (unpaired) electrons. The SMILES string of the molecule is CN(Cc1ccoc1)S(=O)(=O)Cc1ccc(C#N)cc1. The van der Waals surface area contributed by atoms with Crippen LogP contribution in [-0.2, 0) is 22.3 Å². The Morgan fingerprint density at radius 2 is 1.90 bits per heavy atom. The molecule has 6 heteroatoms. The average Bonchev–Trinajstić information content (AvgIpc) is 2.92. The molecule has 0 fully saturated rings. The number of hydrogen-bond acceptors (Lipinski definition) is 4. The quantitative estimate of drug-likeness (QED) is 0.845. The van der Waals surface area contributed by atoms with Crippen molar-refractivity contribution in [1.82, 2.24) is 4.31 Å². The van der Waals surface area contributed by atoms with E-state index >= 15 is 0 Å². The first kappa shape index (κ1) is 14.3. The number of furan rings is 1. The van der Waals surface area contributed by atoms with Crippen LogP contribution in [0.4, 0.5) is 0 Å². The summed E-state index contributed by atoms with van der Waals surface area (Å²) in [7, 11) is -1.87. The lowest BCUT2D eigenvalue weighted by Gasteiger charge is -2.16. The second kappa shape index (κ2) is 5.90. The van der Waals surface area contributed by atoms with Crippen LogP contribution in [0.5, 0.6) is 0 Å². The zero-order valence-electron chi connectivity index (χ0n) is 11.0. The molecular formula is C14H14N2O3S. The van der Waals surface area contributed by atoms with E-state index in [1.807, 2.05) is 6.07 Å². The van der Waals surface area contributed by atoms with Crippen molar-refractivity contribution in [3.63, 3.8) is 0 Å². The van der Waals surface area contributed by atoms with Crippen LogP contribution in [0, 0.1) is 11.3 Å². The highest BCUT2D eigenvalue weighted by molar-refractivity contribution is 7.88. The number of nitriles is 1. The Hall–Kier alpha value is -2.10. The minimum absolute atomic E-state index is 0.0902. The maximum absolute atomic E-state index is 12.2. The molecule has 0 aliphatic rings. The van der Waals surface area contributed by atoms with Crippen LogP contribution < -0.4 is 0 Å². The molecule has 104 valence electrons. The highest BCUT2D eigenvalue weighted by atomic mass is 32.2. The Kier molecular flexibility index (Phi) is 4.23. The van der Waals surface area contributed by atoms with Crippen LogP contribution in [-0.4, -0.2) is 19.8 Å². The summed E-state index contributed by atoms with van der Waals surface area (Å²) in [5.41, 5.74) is 1.97. The highest BCUT2D eigenvalue weighted by Crippen LogP contribution is 2.13. The lowest BCUT2D eigenvalue weighted by Crippen LogP contribution is -2.27. The monoisotopic (exact) mass is 290 g/mol. The fourth-order valence-electron chi connectivity index (χ4n) is 1.73. The average molecular weight is 290 g/mol. The van der Waals surface area contributed by atoms with Crippen molar-refractivity contribution in [2.75, 3.05) is 7.05 Å². The first-order valence-electron chi connectivity index (χ1n) is 5.95. The van der Waals surface area contributed by atoms with Crippen LogP contribution in [0.2, 0.25) is 0 Å². The second-order valence-electron chi connectivity index (χ2n) is 4.45.